The minimum Gasteiger partial charge on any atom is -0.467 e. The molecule has 1 aliphatic rings. The van der Waals surface area contributed by atoms with Gasteiger partial charge < -0.3 is 24.7 Å². The molecule has 0 amide bonds. The fourth-order valence-corrected chi connectivity index (χ4v) is 2.04. The maximum Gasteiger partial charge on any atom is 0.232 e. The Balaban J connectivity index is 1.75. The average molecular weight is 290 g/mol. The lowest BCUT2D eigenvalue weighted by Gasteiger charge is -2.27. The quantitative estimate of drug-likeness (QED) is 0.841. The third-order valence-corrected chi connectivity index (χ3v) is 3.14. The van der Waals surface area contributed by atoms with E-state index in [1.54, 1.807) is 13.3 Å². The third kappa shape index (κ3) is 3.40. The summed E-state index contributed by atoms with van der Waals surface area (Å²) in [5.74, 6) is 2.54. The van der Waals surface area contributed by atoms with Crippen LogP contribution in [-0.2, 0) is 11.3 Å². The Morgan fingerprint density at radius 2 is 2.00 bits per heavy atom. The van der Waals surface area contributed by atoms with E-state index >= 15 is 0 Å². The molecule has 3 heterocycles. The predicted octanol–water partition coefficient (Wildman–Crippen LogP) is 0.955. The smallest absolute Gasteiger partial charge is 0.232 e. The highest BCUT2D eigenvalue weighted by Crippen LogP contribution is 2.15. The molecule has 3 rings (SSSR count). The van der Waals surface area contributed by atoms with Crippen LogP contribution in [0, 0.1) is 0 Å². The van der Waals surface area contributed by atoms with Crippen LogP contribution in [0.5, 0.6) is 0 Å². The van der Waals surface area contributed by atoms with Crippen LogP contribution in [0.4, 0.5) is 17.8 Å². The molecule has 0 bridgehead atoms. The molecule has 0 spiro atoms. The summed E-state index contributed by atoms with van der Waals surface area (Å²) >= 11 is 0. The van der Waals surface area contributed by atoms with Gasteiger partial charge >= 0.3 is 0 Å². The number of morpholine rings is 1. The summed E-state index contributed by atoms with van der Waals surface area (Å²) in [4.78, 5) is 15.2. The molecule has 1 aliphatic heterocycles. The highest BCUT2D eigenvalue weighted by atomic mass is 16.5. The van der Waals surface area contributed by atoms with Gasteiger partial charge in [-0.25, -0.2) is 0 Å². The van der Waals surface area contributed by atoms with Gasteiger partial charge in [-0.3, -0.25) is 0 Å². The van der Waals surface area contributed by atoms with Gasteiger partial charge in [-0.2, -0.15) is 15.0 Å². The zero-order chi connectivity index (χ0) is 14.5. The molecule has 0 unspecified atom stereocenters. The van der Waals surface area contributed by atoms with Gasteiger partial charge in [0.25, 0.3) is 0 Å². The number of nitrogens with zero attached hydrogens (tertiary/aromatic N) is 4. The number of anilines is 3. The first-order valence-electron chi connectivity index (χ1n) is 6.88. The van der Waals surface area contributed by atoms with Crippen LogP contribution < -0.4 is 15.5 Å². The van der Waals surface area contributed by atoms with Crippen molar-refractivity contribution in [3.63, 3.8) is 0 Å². The molecule has 21 heavy (non-hydrogen) atoms. The molecule has 112 valence electrons. The first-order valence-corrected chi connectivity index (χ1v) is 6.88. The Morgan fingerprint density at radius 1 is 1.19 bits per heavy atom. The van der Waals surface area contributed by atoms with Crippen molar-refractivity contribution < 1.29 is 9.15 Å². The molecule has 2 aromatic heterocycles. The molecule has 2 N–H and O–H groups in total. The van der Waals surface area contributed by atoms with E-state index in [1.165, 1.54) is 0 Å². The van der Waals surface area contributed by atoms with Crippen molar-refractivity contribution in [1.29, 1.82) is 0 Å². The van der Waals surface area contributed by atoms with Crippen LogP contribution in [0.1, 0.15) is 5.76 Å². The summed E-state index contributed by atoms with van der Waals surface area (Å²) in [7, 11) is 1.79. The second kappa shape index (κ2) is 6.40. The van der Waals surface area contributed by atoms with Gasteiger partial charge in [0, 0.05) is 20.1 Å². The van der Waals surface area contributed by atoms with Crippen molar-refractivity contribution in [2.75, 3.05) is 48.9 Å². The summed E-state index contributed by atoms with van der Waals surface area (Å²) < 4.78 is 10.6. The van der Waals surface area contributed by atoms with Gasteiger partial charge in [0.15, 0.2) is 0 Å². The van der Waals surface area contributed by atoms with Crippen molar-refractivity contribution >= 4 is 17.8 Å². The lowest BCUT2D eigenvalue weighted by Crippen LogP contribution is -2.37. The van der Waals surface area contributed by atoms with Crippen LogP contribution in [0.25, 0.3) is 0 Å². The van der Waals surface area contributed by atoms with Crippen molar-refractivity contribution in [3.05, 3.63) is 24.2 Å². The lowest BCUT2D eigenvalue weighted by atomic mass is 10.4. The number of hydrogen-bond donors (Lipinski definition) is 2. The molecule has 2 aromatic rings. The molecule has 0 saturated carbocycles. The fourth-order valence-electron chi connectivity index (χ4n) is 2.04. The summed E-state index contributed by atoms with van der Waals surface area (Å²) in [6.45, 7) is 3.48. The van der Waals surface area contributed by atoms with Crippen LogP contribution in [0.15, 0.2) is 22.8 Å². The molecule has 1 saturated heterocycles. The molecule has 0 atom stereocenters. The standard InChI is InChI=1S/C13H18N6O2/c1-14-11-16-12(15-9-10-3-2-6-21-10)18-13(17-11)19-4-7-20-8-5-19/h2-3,6H,4-5,7-9H2,1H3,(H2,14,15,16,17,18). The van der Waals surface area contributed by atoms with E-state index in [1.807, 2.05) is 12.1 Å². The van der Waals surface area contributed by atoms with Gasteiger partial charge in [0.1, 0.15) is 5.76 Å². The molecule has 1 fully saturated rings. The number of nitrogens with one attached hydrogen (secondary N) is 2. The third-order valence-electron chi connectivity index (χ3n) is 3.14. The predicted molar refractivity (Wildman–Crippen MR) is 78.4 cm³/mol. The number of hydrogen-bond acceptors (Lipinski definition) is 8. The van der Waals surface area contributed by atoms with Crippen molar-refractivity contribution in [3.8, 4) is 0 Å². The SMILES string of the molecule is CNc1nc(NCc2ccco2)nc(N2CCOCC2)n1. The lowest BCUT2D eigenvalue weighted by molar-refractivity contribution is 0.122. The zero-order valence-corrected chi connectivity index (χ0v) is 11.9. The highest BCUT2D eigenvalue weighted by Gasteiger charge is 2.16. The van der Waals surface area contributed by atoms with Crippen molar-refractivity contribution in [1.82, 2.24) is 15.0 Å². The van der Waals surface area contributed by atoms with Gasteiger partial charge in [-0.05, 0) is 12.1 Å². The largest absolute Gasteiger partial charge is 0.467 e. The summed E-state index contributed by atoms with van der Waals surface area (Å²) in [5.41, 5.74) is 0. The van der Waals surface area contributed by atoms with E-state index in [-0.39, 0.29) is 0 Å². The Kier molecular flexibility index (Phi) is 4.15. The van der Waals surface area contributed by atoms with E-state index in [9.17, 15) is 0 Å². The first-order chi connectivity index (χ1) is 10.3. The van der Waals surface area contributed by atoms with Crippen LogP contribution >= 0.6 is 0 Å². The number of rotatable bonds is 5. The Bertz CT molecular complexity index is 568. The van der Waals surface area contributed by atoms with Crippen molar-refractivity contribution in [2.45, 2.75) is 6.54 Å². The Labute approximate surface area is 122 Å². The van der Waals surface area contributed by atoms with Gasteiger partial charge in [0.2, 0.25) is 17.8 Å². The maximum atomic E-state index is 5.35. The average Bonchev–Trinajstić information content (AvgIpc) is 3.07. The molecule has 0 aliphatic carbocycles. The monoisotopic (exact) mass is 290 g/mol. The van der Waals surface area contributed by atoms with Gasteiger partial charge in [-0.1, -0.05) is 0 Å². The number of ether oxygens (including phenoxy) is 1. The number of furan rings is 1. The highest BCUT2D eigenvalue weighted by molar-refractivity contribution is 5.43. The Morgan fingerprint density at radius 3 is 2.71 bits per heavy atom. The molecular formula is C13H18N6O2. The topological polar surface area (TPSA) is 88.3 Å². The molecular weight excluding hydrogens is 272 g/mol. The Hall–Kier alpha value is -2.35. The fraction of sp³-hybridized carbons (Fsp3) is 0.462. The molecule has 8 nitrogen and oxygen atoms in total. The van der Waals surface area contributed by atoms with Gasteiger partial charge in [-0.15, -0.1) is 0 Å². The van der Waals surface area contributed by atoms with Crippen LogP contribution in [-0.4, -0.2) is 48.3 Å². The summed E-state index contributed by atoms with van der Waals surface area (Å²) in [6, 6.07) is 3.75. The van der Waals surface area contributed by atoms with E-state index in [0.29, 0.717) is 37.6 Å². The first kappa shape index (κ1) is 13.6. The van der Waals surface area contributed by atoms with E-state index in [0.717, 1.165) is 18.8 Å². The summed E-state index contributed by atoms with van der Waals surface area (Å²) in [6.07, 6.45) is 1.64. The summed E-state index contributed by atoms with van der Waals surface area (Å²) in [5, 5.41) is 6.10. The van der Waals surface area contributed by atoms with E-state index in [4.69, 9.17) is 9.15 Å². The second-order valence-corrected chi connectivity index (χ2v) is 4.56. The number of aromatic nitrogens is 3. The minimum absolute atomic E-state index is 0.521. The van der Waals surface area contributed by atoms with Crippen LogP contribution in [0.3, 0.4) is 0 Å². The second-order valence-electron chi connectivity index (χ2n) is 4.56. The van der Waals surface area contributed by atoms with E-state index < -0.39 is 0 Å². The van der Waals surface area contributed by atoms with Crippen LogP contribution in [0.2, 0.25) is 0 Å². The van der Waals surface area contributed by atoms with E-state index in [2.05, 4.69) is 30.5 Å². The maximum absolute atomic E-state index is 5.35. The van der Waals surface area contributed by atoms with Gasteiger partial charge in [0.05, 0.1) is 26.0 Å². The van der Waals surface area contributed by atoms with Crippen molar-refractivity contribution in [2.24, 2.45) is 0 Å². The minimum atomic E-state index is 0.521. The molecule has 8 heteroatoms. The molecule has 0 radical (unpaired) electrons. The normalized spacial score (nSPS) is 15.0. The molecule has 0 aromatic carbocycles. The zero-order valence-electron chi connectivity index (χ0n) is 11.9.